The van der Waals surface area contributed by atoms with Crippen LogP contribution in [0.1, 0.15) is 49.8 Å². The van der Waals surface area contributed by atoms with Crippen LogP contribution in [0.5, 0.6) is 0 Å². The maximum absolute atomic E-state index is 5.80. The van der Waals surface area contributed by atoms with Crippen LogP contribution in [-0.4, -0.2) is 27.5 Å². The smallest absolute Gasteiger partial charge is 0.123 e. The molecule has 0 amide bonds. The molecule has 2 aliphatic rings. The fraction of sp³-hybridized carbons (Fsp3) is 0.625. The number of nitrogens with two attached hydrogens (primary N) is 1. The summed E-state index contributed by atoms with van der Waals surface area (Å²) in [5.74, 6) is 0.905. The third kappa shape index (κ3) is 2.86. The van der Waals surface area contributed by atoms with E-state index in [1.54, 1.807) is 6.20 Å². The number of fused-ring (bicyclic) bond motifs is 1. The van der Waals surface area contributed by atoms with E-state index in [0.717, 1.165) is 24.2 Å². The van der Waals surface area contributed by atoms with Gasteiger partial charge in [0.1, 0.15) is 10.7 Å². The molecule has 0 radical (unpaired) electrons. The quantitative estimate of drug-likeness (QED) is 0.869. The van der Waals surface area contributed by atoms with Crippen molar-refractivity contribution in [1.82, 2.24) is 9.88 Å². The topological polar surface area (TPSA) is 42.1 Å². The maximum Gasteiger partial charge on any atom is 0.123 e. The molecule has 108 valence electrons. The van der Waals surface area contributed by atoms with E-state index in [1.165, 1.54) is 50.6 Å². The van der Waals surface area contributed by atoms with Crippen molar-refractivity contribution in [3.63, 3.8) is 0 Å². The lowest BCUT2D eigenvalue weighted by atomic mass is 9.78. The van der Waals surface area contributed by atoms with E-state index in [9.17, 15) is 0 Å². The van der Waals surface area contributed by atoms with E-state index in [0.29, 0.717) is 4.99 Å². The van der Waals surface area contributed by atoms with E-state index < -0.39 is 0 Å². The van der Waals surface area contributed by atoms with Gasteiger partial charge in [-0.1, -0.05) is 31.1 Å². The molecule has 1 aromatic heterocycles. The Labute approximate surface area is 126 Å². The number of rotatable bonds is 3. The largest absolute Gasteiger partial charge is 0.388 e. The van der Waals surface area contributed by atoms with E-state index in [4.69, 9.17) is 18.0 Å². The van der Waals surface area contributed by atoms with Gasteiger partial charge in [-0.05, 0) is 49.8 Å². The Hall–Kier alpha value is -1.00. The SMILES string of the molecule is NC(=S)c1ncccc1CN1CCCC2CCCCC21. The highest BCUT2D eigenvalue weighted by Gasteiger charge is 2.33. The molecule has 2 N–H and O–H groups in total. The summed E-state index contributed by atoms with van der Waals surface area (Å²) >= 11 is 5.13. The summed E-state index contributed by atoms with van der Waals surface area (Å²) in [6.45, 7) is 2.15. The van der Waals surface area contributed by atoms with E-state index in [2.05, 4.69) is 16.0 Å². The number of hydrogen-bond acceptors (Lipinski definition) is 3. The van der Waals surface area contributed by atoms with Crippen molar-refractivity contribution >= 4 is 17.2 Å². The Kier molecular flexibility index (Phi) is 4.32. The van der Waals surface area contributed by atoms with Gasteiger partial charge < -0.3 is 5.73 Å². The minimum Gasteiger partial charge on any atom is -0.388 e. The monoisotopic (exact) mass is 289 g/mol. The number of likely N-dealkylation sites (tertiary alicyclic amines) is 1. The Balaban J connectivity index is 1.78. The van der Waals surface area contributed by atoms with Crippen molar-refractivity contribution in [2.24, 2.45) is 11.7 Å². The highest BCUT2D eigenvalue weighted by Crippen LogP contribution is 2.36. The number of thiocarbonyl (C=S) groups is 1. The Bertz CT molecular complexity index is 486. The molecule has 0 aromatic carbocycles. The predicted octanol–water partition coefficient (Wildman–Crippen LogP) is 2.87. The third-order valence-corrected chi connectivity index (χ3v) is 5.05. The zero-order chi connectivity index (χ0) is 13.9. The number of aromatic nitrogens is 1. The second-order valence-corrected chi connectivity index (χ2v) is 6.54. The van der Waals surface area contributed by atoms with Crippen LogP contribution in [0.15, 0.2) is 18.3 Å². The minimum atomic E-state index is 0.415. The van der Waals surface area contributed by atoms with Crippen molar-refractivity contribution in [1.29, 1.82) is 0 Å². The van der Waals surface area contributed by atoms with Gasteiger partial charge in [-0.25, -0.2) is 0 Å². The molecular formula is C16H23N3S. The summed E-state index contributed by atoms with van der Waals surface area (Å²) in [6, 6.07) is 4.87. The van der Waals surface area contributed by atoms with Crippen LogP contribution in [0.25, 0.3) is 0 Å². The second kappa shape index (κ2) is 6.19. The Morgan fingerprint density at radius 1 is 1.30 bits per heavy atom. The first-order valence-corrected chi connectivity index (χ1v) is 8.14. The third-order valence-electron chi connectivity index (χ3n) is 4.86. The fourth-order valence-corrected chi connectivity index (χ4v) is 4.11. The summed E-state index contributed by atoms with van der Waals surface area (Å²) in [5, 5.41) is 0. The van der Waals surface area contributed by atoms with E-state index in [-0.39, 0.29) is 0 Å². The molecule has 20 heavy (non-hydrogen) atoms. The molecule has 3 nitrogen and oxygen atoms in total. The standard InChI is InChI=1S/C16H23N3S/c17-16(20)15-13(6-3-9-18-15)11-19-10-4-7-12-5-1-2-8-14(12)19/h3,6,9,12,14H,1-2,4-5,7-8,10-11H2,(H2,17,20). The van der Waals surface area contributed by atoms with Gasteiger partial charge in [-0.15, -0.1) is 0 Å². The summed E-state index contributed by atoms with van der Waals surface area (Å²) in [7, 11) is 0. The summed E-state index contributed by atoms with van der Waals surface area (Å²) in [5.41, 5.74) is 7.79. The van der Waals surface area contributed by atoms with Crippen LogP contribution in [-0.2, 0) is 6.54 Å². The van der Waals surface area contributed by atoms with Gasteiger partial charge in [0.05, 0.1) is 0 Å². The number of hydrogen-bond donors (Lipinski definition) is 1. The minimum absolute atomic E-state index is 0.415. The van der Waals surface area contributed by atoms with Gasteiger partial charge in [0.25, 0.3) is 0 Å². The van der Waals surface area contributed by atoms with Gasteiger partial charge in [0, 0.05) is 18.8 Å². The lowest BCUT2D eigenvalue weighted by molar-refractivity contribution is 0.0546. The van der Waals surface area contributed by atoms with Gasteiger partial charge in [0.2, 0.25) is 0 Å². The first-order chi connectivity index (χ1) is 9.75. The average Bonchev–Trinajstić information content (AvgIpc) is 2.48. The Morgan fingerprint density at radius 3 is 2.95 bits per heavy atom. The highest BCUT2D eigenvalue weighted by atomic mass is 32.1. The molecule has 3 rings (SSSR count). The van der Waals surface area contributed by atoms with E-state index in [1.807, 2.05) is 6.07 Å². The molecule has 1 aliphatic carbocycles. The summed E-state index contributed by atoms with van der Waals surface area (Å²) in [6.07, 6.45) is 10.1. The molecule has 0 bridgehead atoms. The zero-order valence-electron chi connectivity index (χ0n) is 11.9. The molecule has 2 heterocycles. The summed E-state index contributed by atoms with van der Waals surface area (Å²) < 4.78 is 0. The first-order valence-electron chi connectivity index (χ1n) is 7.73. The lowest BCUT2D eigenvalue weighted by Crippen LogP contribution is -2.46. The number of nitrogens with zero attached hydrogens (tertiary/aromatic N) is 2. The van der Waals surface area contributed by atoms with Crippen LogP contribution >= 0.6 is 12.2 Å². The van der Waals surface area contributed by atoms with Crippen molar-refractivity contribution in [3.05, 3.63) is 29.6 Å². The summed E-state index contributed by atoms with van der Waals surface area (Å²) in [4.78, 5) is 7.41. The van der Waals surface area contributed by atoms with Gasteiger partial charge >= 0.3 is 0 Å². The van der Waals surface area contributed by atoms with Crippen molar-refractivity contribution in [2.75, 3.05) is 6.54 Å². The van der Waals surface area contributed by atoms with Gasteiger partial charge in [-0.2, -0.15) is 0 Å². The molecule has 1 saturated heterocycles. The van der Waals surface area contributed by atoms with Crippen LogP contribution in [0.2, 0.25) is 0 Å². The Morgan fingerprint density at radius 2 is 2.10 bits per heavy atom. The number of piperidine rings is 1. The van der Waals surface area contributed by atoms with Crippen LogP contribution in [0.4, 0.5) is 0 Å². The lowest BCUT2D eigenvalue weighted by Gasteiger charge is -2.44. The maximum atomic E-state index is 5.80. The first kappa shape index (κ1) is 14.0. The van der Waals surface area contributed by atoms with Gasteiger partial charge in [-0.3, -0.25) is 9.88 Å². The van der Waals surface area contributed by atoms with Gasteiger partial charge in [0.15, 0.2) is 0 Å². The molecule has 2 atom stereocenters. The molecular weight excluding hydrogens is 266 g/mol. The van der Waals surface area contributed by atoms with Crippen molar-refractivity contribution in [2.45, 2.75) is 51.1 Å². The van der Waals surface area contributed by atoms with E-state index >= 15 is 0 Å². The van der Waals surface area contributed by atoms with Crippen LogP contribution in [0, 0.1) is 5.92 Å². The average molecular weight is 289 g/mol. The molecule has 1 aromatic rings. The highest BCUT2D eigenvalue weighted by molar-refractivity contribution is 7.80. The molecule has 2 fully saturated rings. The van der Waals surface area contributed by atoms with Crippen molar-refractivity contribution < 1.29 is 0 Å². The van der Waals surface area contributed by atoms with Crippen molar-refractivity contribution in [3.8, 4) is 0 Å². The second-order valence-electron chi connectivity index (χ2n) is 6.10. The molecule has 0 spiro atoms. The molecule has 1 aliphatic heterocycles. The fourth-order valence-electron chi connectivity index (χ4n) is 3.93. The predicted molar refractivity (Wildman–Crippen MR) is 85.5 cm³/mol. The molecule has 1 saturated carbocycles. The number of pyridine rings is 1. The zero-order valence-corrected chi connectivity index (χ0v) is 12.7. The van der Waals surface area contributed by atoms with Crippen LogP contribution in [0.3, 0.4) is 0 Å². The van der Waals surface area contributed by atoms with Crippen LogP contribution < -0.4 is 5.73 Å². The molecule has 2 unspecified atom stereocenters. The molecule has 4 heteroatoms. The normalized spacial score (nSPS) is 27.0.